The van der Waals surface area contributed by atoms with Crippen LogP contribution in [-0.2, 0) is 0 Å². The maximum absolute atomic E-state index is 12.6. The predicted octanol–water partition coefficient (Wildman–Crippen LogP) is 2.34. The van der Waals surface area contributed by atoms with Crippen molar-refractivity contribution in [1.29, 1.82) is 0 Å². The summed E-state index contributed by atoms with van der Waals surface area (Å²) in [6.45, 7) is 0. The normalized spacial score (nSPS) is 39.0. The SMILES string of the molecule is OC1(C(F)F)CCCC12CCC2. The number of alkyl halides is 2. The Balaban J connectivity index is 2.23. The van der Waals surface area contributed by atoms with Gasteiger partial charge in [-0.3, -0.25) is 0 Å². The lowest BCUT2D eigenvalue weighted by Gasteiger charge is -2.48. The molecule has 0 aromatic heterocycles. The second-order valence-corrected chi connectivity index (χ2v) is 4.21. The summed E-state index contributed by atoms with van der Waals surface area (Å²) in [5.74, 6) is 0. The van der Waals surface area contributed by atoms with E-state index in [-0.39, 0.29) is 0 Å². The molecule has 12 heavy (non-hydrogen) atoms. The van der Waals surface area contributed by atoms with Crippen LogP contribution in [0.25, 0.3) is 0 Å². The zero-order chi connectivity index (χ0) is 8.82. The van der Waals surface area contributed by atoms with E-state index in [1.54, 1.807) is 0 Å². The number of hydrogen-bond donors (Lipinski definition) is 1. The van der Waals surface area contributed by atoms with Gasteiger partial charge in [-0.15, -0.1) is 0 Å². The molecule has 0 radical (unpaired) electrons. The lowest BCUT2D eigenvalue weighted by molar-refractivity contribution is -0.184. The summed E-state index contributed by atoms with van der Waals surface area (Å²) in [4.78, 5) is 0. The van der Waals surface area contributed by atoms with Crippen molar-refractivity contribution in [2.45, 2.75) is 50.6 Å². The highest BCUT2D eigenvalue weighted by molar-refractivity contribution is 5.09. The molecule has 1 N–H and O–H groups in total. The van der Waals surface area contributed by atoms with Gasteiger partial charge in [0, 0.05) is 5.41 Å². The second-order valence-electron chi connectivity index (χ2n) is 4.21. The van der Waals surface area contributed by atoms with Crippen molar-refractivity contribution in [2.75, 3.05) is 0 Å². The van der Waals surface area contributed by atoms with Gasteiger partial charge in [-0.25, -0.2) is 8.78 Å². The summed E-state index contributed by atoms with van der Waals surface area (Å²) in [5.41, 5.74) is -2.05. The van der Waals surface area contributed by atoms with Gasteiger partial charge < -0.3 is 5.11 Å². The van der Waals surface area contributed by atoms with Gasteiger partial charge in [0.15, 0.2) is 0 Å². The van der Waals surface area contributed by atoms with E-state index in [0.717, 1.165) is 32.1 Å². The van der Waals surface area contributed by atoms with Crippen molar-refractivity contribution in [3.8, 4) is 0 Å². The molecule has 2 rings (SSSR count). The molecular weight excluding hydrogens is 162 g/mol. The van der Waals surface area contributed by atoms with Crippen LogP contribution in [0.2, 0.25) is 0 Å². The van der Waals surface area contributed by atoms with Gasteiger partial charge in [0.05, 0.1) is 0 Å². The molecule has 0 amide bonds. The van der Waals surface area contributed by atoms with Gasteiger partial charge in [0.2, 0.25) is 0 Å². The van der Waals surface area contributed by atoms with E-state index in [4.69, 9.17) is 0 Å². The average molecular weight is 176 g/mol. The van der Waals surface area contributed by atoms with Gasteiger partial charge in [0.25, 0.3) is 6.43 Å². The van der Waals surface area contributed by atoms with Crippen molar-refractivity contribution in [2.24, 2.45) is 5.41 Å². The van der Waals surface area contributed by atoms with Crippen molar-refractivity contribution < 1.29 is 13.9 Å². The van der Waals surface area contributed by atoms with E-state index in [0.29, 0.717) is 6.42 Å². The third-order valence-electron chi connectivity index (χ3n) is 3.80. The molecule has 1 unspecified atom stereocenters. The summed E-state index contributed by atoms with van der Waals surface area (Å²) in [6, 6.07) is 0. The summed E-state index contributed by atoms with van der Waals surface area (Å²) >= 11 is 0. The zero-order valence-electron chi connectivity index (χ0n) is 7.02. The molecule has 0 heterocycles. The molecular formula is C9H14F2O. The first-order valence-corrected chi connectivity index (χ1v) is 4.61. The minimum atomic E-state index is -2.56. The predicted molar refractivity (Wildman–Crippen MR) is 41.1 cm³/mol. The van der Waals surface area contributed by atoms with Gasteiger partial charge in [-0.05, 0) is 32.1 Å². The first kappa shape index (κ1) is 8.42. The minimum absolute atomic E-state index is 0.296. The fourth-order valence-electron chi connectivity index (χ4n) is 2.80. The largest absolute Gasteiger partial charge is 0.383 e. The Morgan fingerprint density at radius 2 is 1.50 bits per heavy atom. The van der Waals surface area contributed by atoms with Crippen LogP contribution in [0.1, 0.15) is 38.5 Å². The van der Waals surface area contributed by atoms with Gasteiger partial charge in [0.1, 0.15) is 5.60 Å². The Hall–Kier alpha value is -0.180. The van der Waals surface area contributed by atoms with Crippen LogP contribution in [0.4, 0.5) is 8.78 Å². The minimum Gasteiger partial charge on any atom is -0.383 e. The molecule has 0 aromatic rings. The molecule has 2 fully saturated rings. The average Bonchev–Trinajstić information content (AvgIpc) is 2.26. The highest BCUT2D eigenvalue weighted by atomic mass is 19.3. The molecule has 2 aliphatic carbocycles. The van der Waals surface area contributed by atoms with Gasteiger partial charge in [-0.2, -0.15) is 0 Å². The van der Waals surface area contributed by atoms with Gasteiger partial charge in [-0.1, -0.05) is 6.42 Å². The number of hydrogen-bond acceptors (Lipinski definition) is 1. The highest BCUT2D eigenvalue weighted by Crippen LogP contribution is 2.60. The van der Waals surface area contributed by atoms with Crippen molar-refractivity contribution in [1.82, 2.24) is 0 Å². The Kier molecular flexibility index (Phi) is 1.69. The van der Waals surface area contributed by atoms with E-state index in [9.17, 15) is 13.9 Å². The Bertz CT molecular complexity index is 189. The Morgan fingerprint density at radius 3 is 1.83 bits per heavy atom. The van der Waals surface area contributed by atoms with E-state index >= 15 is 0 Å². The quantitative estimate of drug-likeness (QED) is 0.650. The fourth-order valence-corrected chi connectivity index (χ4v) is 2.80. The van der Waals surface area contributed by atoms with E-state index in [2.05, 4.69) is 0 Å². The molecule has 1 spiro atoms. The lowest BCUT2D eigenvalue weighted by atomic mass is 9.60. The standard InChI is InChI=1S/C9H14F2O/c10-7(11)9(12)6-2-5-8(9)3-1-4-8/h7,12H,1-6H2. The van der Waals surface area contributed by atoms with Crippen molar-refractivity contribution in [3.05, 3.63) is 0 Å². The lowest BCUT2D eigenvalue weighted by Crippen LogP contribution is -2.53. The fraction of sp³-hybridized carbons (Fsp3) is 1.00. The molecule has 0 aromatic carbocycles. The van der Waals surface area contributed by atoms with Crippen LogP contribution in [-0.4, -0.2) is 17.1 Å². The molecule has 1 atom stereocenters. The van der Waals surface area contributed by atoms with Crippen LogP contribution >= 0.6 is 0 Å². The monoisotopic (exact) mass is 176 g/mol. The summed E-state index contributed by atoms with van der Waals surface area (Å²) < 4.78 is 25.2. The molecule has 0 aliphatic heterocycles. The maximum atomic E-state index is 12.6. The van der Waals surface area contributed by atoms with Crippen LogP contribution in [0.15, 0.2) is 0 Å². The highest BCUT2D eigenvalue weighted by Gasteiger charge is 2.61. The third-order valence-corrected chi connectivity index (χ3v) is 3.80. The molecule has 3 heteroatoms. The van der Waals surface area contributed by atoms with E-state index < -0.39 is 17.4 Å². The van der Waals surface area contributed by atoms with E-state index in [1.807, 2.05) is 0 Å². The van der Waals surface area contributed by atoms with Crippen LogP contribution < -0.4 is 0 Å². The first-order chi connectivity index (χ1) is 5.61. The third kappa shape index (κ3) is 0.804. The second kappa shape index (κ2) is 2.41. The van der Waals surface area contributed by atoms with Crippen molar-refractivity contribution in [3.63, 3.8) is 0 Å². The van der Waals surface area contributed by atoms with Gasteiger partial charge >= 0.3 is 0 Å². The van der Waals surface area contributed by atoms with Crippen molar-refractivity contribution >= 4 is 0 Å². The van der Waals surface area contributed by atoms with Crippen LogP contribution in [0, 0.1) is 5.41 Å². The molecule has 70 valence electrons. The summed E-state index contributed by atoms with van der Waals surface area (Å²) in [6.07, 6.45) is 1.91. The molecule has 0 saturated heterocycles. The topological polar surface area (TPSA) is 20.2 Å². The Labute approximate surface area is 70.8 Å². The van der Waals surface area contributed by atoms with Crippen LogP contribution in [0.5, 0.6) is 0 Å². The number of halogens is 2. The maximum Gasteiger partial charge on any atom is 0.267 e. The van der Waals surface area contributed by atoms with Crippen LogP contribution in [0.3, 0.4) is 0 Å². The number of rotatable bonds is 1. The first-order valence-electron chi connectivity index (χ1n) is 4.61. The molecule has 1 nitrogen and oxygen atoms in total. The number of aliphatic hydroxyl groups is 1. The van der Waals surface area contributed by atoms with E-state index in [1.165, 1.54) is 0 Å². The Morgan fingerprint density at radius 1 is 1.00 bits per heavy atom. The molecule has 2 aliphatic rings. The smallest absolute Gasteiger partial charge is 0.267 e. The summed E-state index contributed by atoms with van der Waals surface area (Å²) in [7, 11) is 0. The zero-order valence-corrected chi connectivity index (χ0v) is 7.02. The summed E-state index contributed by atoms with van der Waals surface area (Å²) in [5, 5.41) is 9.79. The molecule has 0 bridgehead atoms. The molecule has 2 saturated carbocycles.